The van der Waals surface area contributed by atoms with E-state index < -0.39 is 11.4 Å². The van der Waals surface area contributed by atoms with Crippen molar-refractivity contribution in [3.8, 4) is 0 Å². The van der Waals surface area contributed by atoms with Crippen LogP contribution in [0.3, 0.4) is 0 Å². The molecule has 1 N–H and O–H groups in total. The molecule has 3 nitrogen and oxygen atoms in total. The minimum atomic E-state index is -0.703. The smallest absolute Gasteiger partial charge is 0.310 e. The van der Waals surface area contributed by atoms with Crippen LogP contribution in [0.25, 0.3) is 0 Å². The van der Waals surface area contributed by atoms with Gasteiger partial charge in [0.25, 0.3) is 0 Å². The van der Waals surface area contributed by atoms with Gasteiger partial charge >= 0.3 is 5.97 Å². The fraction of sp³-hybridized carbons (Fsp3) is 0.562. The quantitative estimate of drug-likeness (QED) is 0.820. The molecular weight excluding hydrogens is 238 g/mol. The van der Waals surface area contributed by atoms with Gasteiger partial charge < -0.3 is 10.0 Å². The molecule has 0 aliphatic rings. The largest absolute Gasteiger partial charge is 0.481 e. The van der Waals surface area contributed by atoms with Gasteiger partial charge in [0.1, 0.15) is 0 Å². The van der Waals surface area contributed by atoms with E-state index in [4.69, 9.17) is 0 Å². The predicted octanol–water partition coefficient (Wildman–Crippen LogP) is 3.32. The third-order valence-electron chi connectivity index (χ3n) is 3.47. The van der Waals surface area contributed by atoms with Crippen LogP contribution in [-0.4, -0.2) is 29.6 Å². The van der Waals surface area contributed by atoms with E-state index in [0.29, 0.717) is 13.0 Å². The van der Waals surface area contributed by atoms with Gasteiger partial charge in [-0.05, 0) is 32.9 Å². The zero-order chi connectivity index (χ0) is 14.5. The summed E-state index contributed by atoms with van der Waals surface area (Å²) in [6.45, 7) is 7.30. The summed E-state index contributed by atoms with van der Waals surface area (Å²) >= 11 is 0. The lowest BCUT2D eigenvalue weighted by Gasteiger charge is -2.30. The lowest BCUT2D eigenvalue weighted by Crippen LogP contribution is -2.39. The van der Waals surface area contributed by atoms with Crippen molar-refractivity contribution in [2.45, 2.75) is 40.2 Å². The molecule has 0 heterocycles. The number of aryl methyl sites for hydroxylation is 1. The summed E-state index contributed by atoms with van der Waals surface area (Å²) in [5.41, 5.74) is 1.81. The molecule has 1 unspecified atom stereocenters. The summed E-state index contributed by atoms with van der Waals surface area (Å²) < 4.78 is 0. The molecule has 0 radical (unpaired) electrons. The number of hydrogen-bond donors (Lipinski definition) is 1. The van der Waals surface area contributed by atoms with E-state index in [1.165, 1.54) is 11.1 Å². The van der Waals surface area contributed by atoms with Crippen LogP contribution in [0.4, 0.5) is 0 Å². The number of hydrogen-bond acceptors (Lipinski definition) is 2. The van der Waals surface area contributed by atoms with Crippen molar-refractivity contribution in [3.63, 3.8) is 0 Å². The summed E-state index contributed by atoms with van der Waals surface area (Å²) in [6, 6.07) is 8.35. The maximum Gasteiger partial charge on any atom is 0.310 e. The third kappa shape index (κ3) is 4.67. The maximum atomic E-state index is 11.4. The van der Waals surface area contributed by atoms with Gasteiger partial charge in [0.05, 0.1) is 5.41 Å². The predicted molar refractivity (Wildman–Crippen MR) is 78.2 cm³/mol. The topological polar surface area (TPSA) is 40.5 Å². The Kier molecular flexibility index (Phi) is 5.55. The van der Waals surface area contributed by atoms with Gasteiger partial charge in [0, 0.05) is 13.1 Å². The number of carboxylic acid groups (broad SMARTS) is 1. The number of carbonyl (C=O) groups is 1. The molecule has 0 spiro atoms. The molecule has 0 fully saturated rings. The second-order valence-corrected chi connectivity index (χ2v) is 5.78. The van der Waals surface area contributed by atoms with E-state index in [0.717, 1.165) is 13.0 Å². The van der Waals surface area contributed by atoms with Crippen molar-refractivity contribution < 1.29 is 9.90 Å². The molecule has 0 bridgehead atoms. The fourth-order valence-electron chi connectivity index (χ4n) is 2.58. The van der Waals surface area contributed by atoms with Crippen molar-refractivity contribution in [2.75, 3.05) is 13.6 Å². The van der Waals surface area contributed by atoms with Gasteiger partial charge in [-0.2, -0.15) is 0 Å². The first kappa shape index (κ1) is 15.7. The summed E-state index contributed by atoms with van der Waals surface area (Å²) in [6.07, 6.45) is 1.60. The van der Waals surface area contributed by atoms with Gasteiger partial charge in [-0.3, -0.25) is 4.79 Å². The van der Waals surface area contributed by atoms with Gasteiger partial charge in [-0.1, -0.05) is 43.2 Å². The molecule has 3 heteroatoms. The minimum Gasteiger partial charge on any atom is -0.481 e. The van der Waals surface area contributed by atoms with Crippen LogP contribution < -0.4 is 0 Å². The van der Waals surface area contributed by atoms with Crippen molar-refractivity contribution >= 4 is 5.97 Å². The molecule has 1 aromatic rings. The molecule has 1 aromatic carbocycles. The van der Waals surface area contributed by atoms with Crippen LogP contribution in [0.2, 0.25) is 0 Å². The Labute approximate surface area is 116 Å². The summed E-state index contributed by atoms with van der Waals surface area (Å²) in [5, 5.41) is 9.40. The molecule has 19 heavy (non-hydrogen) atoms. The third-order valence-corrected chi connectivity index (χ3v) is 3.47. The Bertz CT molecular complexity index is 431. The molecule has 106 valence electrons. The number of benzene rings is 1. The molecule has 0 aromatic heterocycles. The van der Waals surface area contributed by atoms with Crippen molar-refractivity contribution in [2.24, 2.45) is 5.41 Å². The lowest BCUT2D eigenvalue weighted by molar-refractivity contribution is -0.149. The Morgan fingerprint density at radius 1 is 1.42 bits per heavy atom. The Hall–Kier alpha value is -1.35. The summed E-state index contributed by atoms with van der Waals surface area (Å²) in [4.78, 5) is 13.5. The zero-order valence-electron chi connectivity index (χ0n) is 12.4. The monoisotopic (exact) mass is 263 g/mol. The number of carboxylic acids is 1. The van der Waals surface area contributed by atoms with E-state index in [1.807, 2.05) is 27.0 Å². The van der Waals surface area contributed by atoms with Crippen molar-refractivity contribution in [1.82, 2.24) is 4.90 Å². The van der Waals surface area contributed by atoms with Gasteiger partial charge in [-0.25, -0.2) is 0 Å². The highest BCUT2D eigenvalue weighted by atomic mass is 16.4. The van der Waals surface area contributed by atoms with Crippen LogP contribution in [0.1, 0.15) is 37.8 Å². The second kappa shape index (κ2) is 6.71. The lowest BCUT2D eigenvalue weighted by atomic mass is 9.85. The SMILES string of the molecule is CCCC(C)(CN(C)Cc1cccc(C)c1)C(=O)O. The second-order valence-electron chi connectivity index (χ2n) is 5.78. The highest BCUT2D eigenvalue weighted by Crippen LogP contribution is 2.25. The van der Waals surface area contributed by atoms with E-state index in [9.17, 15) is 9.90 Å². The number of rotatable bonds is 7. The maximum absolute atomic E-state index is 11.4. The molecule has 0 amide bonds. The van der Waals surface area contributed by atoms with Crippen LogP contribution in [0.5, 0.6) is 0 Å². The van der Waals surface area contributed by atoms with E-state index >= 15 is 0 Å². The van der Waals surface area contributed by atoms with E-state index in [2.05, 4.69) is 30.0 Å². The van der Waals surface area contributed by atoms with Gasteiger partial charge in [0.15, 0.2) is 0 Å². The number of aliphatic carboxylic acids is 1. The standard InChI is InChI=1S/C16H25NO2/c1-5-9-16(3,15(18)19)12-17(4)11-14-8-6-7-13(2)10-14/h6-8,10H,5,9,11-12H2,1-4H3,(H,18,19). The molecule has 0 saturated heterocycles. The molecule has 1 atom stereocenters. The molecule has 0 saturated carbocycles. The van der Waals surface area contributed by atoms with Gasteiger partial charge in [0.2, 0.25) is 0 Å². The van der Waals surface area contributed by atoms with Gasteiger partial charge in [-0.15, -0.1) is 0 Å². The fourth-order valence-corrected chi connectivity index (χ4v) is 2.58. The zero-order valence-corrected chi connectivity index (χ0v) is 12.4. The van der Waals surface area contributed by atoms with E-state index in [-0.39, 0.29) is 0 Å². The Morgan fingerprint density at radius 3 is 2.63 bits per heavy atom. The molecular formula is C16H25NO2. The average molecular weight is 263 g/mol. The van der Waals surface area contributed by atoms with Crippen LogP contribution in [0, 0.1) is 12.3 Å². The first-order valence-corrected chi connectivity index (χ1v) is 6.85. The van der Waals surface area contributed by atoms with Crippen molar-refractivity contribution in [3.05, 3.63) is 35.4 Å². The minimum absolute atomic E-state index is 0.574. The van der Waals surface area contributed by atoms with Crippen molar-refractivity contribution in [1.29, 1.82) is 0 Å². The highest BCUT2D eigenvalue weighted by molar-refractivity contribution is 5.74. The van der Waals surface area contributed by atoms with Crippen LogP contribution in [0.15, 0.2) is 24.3 Å². The first-order chi connectivity index (χ1) is 8.87. The normalized spacial score (nSPS) is 14.4. The van der Waals surface area contributed by atoms with Crippen LogP contribution >= 0.6 is 0 Å². The molecule has 1 rings (SSSR count). The first-order valence-electron chi connectivity index (χ1n) is 6.85. The summed E-state index contributed by atoms with van der Waals surface area (Å²) in [5.74, 6) is -0.703. The van der Waals surface area contributed by atoms with E-state index in [1.54, 1.807) is 0 Å². The molecule has 0 aliphatic carbocycles. The Morgan fingerprint density at radius 2 is 2.11 bits per heavy atom. The number of nitrogens with zero attached hydrogens (tertiary/aromatic N) is 1. The van der Waals surface area contributed by atoms with Crippen LogP contribution in [-0.2, 0) is 11.3 Å². The summed E-state index contributed by atoms with van der Waals surface area (Å²) in [7, 11) is 1.99. The Balaban J connectivity index is 2.68. The average Bonchev–Trinajstić information content (AvgIpc) is 2.28. The molecule has 0 aliphatic heterocycles. The highest BCUT2D eigenvalue weighted by Gasteiger charge is 2.33.